The zero-order chi connectivity index (χ0) is 17.3. The minimum atomic E-state index is -3.60. The van der Waals surface area contributed by atoms with Crippen molar-refractivity contribution in [1.82, 2.24) is 9.88 Å². The summed E-state index contributed by atoms with van der Waals surface area (Å²) in [6, 6.07) is 6.87. The molecule has 1 N–H and O–H groups in total. The summed E-state index contributed by atoms with van der Waals surface area (Å²) < 4.78 is 37.0. The van der Waals surface area contributed by atoms with E-state index in [9.17, 15) is 13.2 Å². The maximum absolute atomic E-state index is 12.1. The minimum absolute atomic E-state index is 0.401. The fraction of sp³-hybridized carbons (Fsp3) is 0.333. The van der Waals surface area contributed by atoms with E-state index in [2.05, 4.69) is 25.8 Å². The molecule has 1 atom stereocenters. The first-order valence-electron chi connectivity index (χ1n) is 7.29. The van der Waals surface area contributed by atoms with Gasteiger partial charge < -0.3 is 9.26 Å². The van der Waals surface area contributed by atoms with Crippen molar-refractivity contribution in [2.24, 2.45) is 0 Å². The van der Waals surface area contributed by atoms with Crippen molar-refractivity contribution in [2.45, 2.75) is 31.1 Å². The molecule has 0 aliphatic heterocycles. The molecular weight excluding hydrogens is 400 g/mol. The first-order valence-corrected chi connectivity index (χ1v) is 9.63. The predicted molar refractivity (Wildman–Crippen MR) is 89.8 cm³/mol. The summed E-state index contributed by atoms with van der Waals surface area (Å²) in [5.41, 5.74) is 1.17. The van der Waals surface area contributed by atoms with Crippen molar-refractivity contribution in [1.29, 1.82) is 0 Å². The third kappa shape index (κ3) is 3.78. The third-order valence-corrected chi connectivity index (χ3v) is 5.86. The Morgan fingerprint density at radius 3 is 2.79 bits per heavy atom. The van der Waals surface area contributed by atoms with Crippen LogP contribution in [-0.4, -0.2) is 30.8 Å². The summed E-state index contributed by atoms with van der Waals surface area (Å²) in [7, 11) is -3.60. The maximum atomic E-state index is 12.1. The number of sulfonamides is 1. The molecule has 2 aromatic rings. The molecule has 0 saturated heterocycles. The van der Waals surface area contributed by atoms with Gasteiger partial charge in [0.15, 0.2) is 6.10 Å². The number of ether oxygens (including phenoxy) is 1. The minimum Gasteiger partial charge on any atom is -0.480 e. The lowest BCUT2D eigenvalue weighted by atomic mass is 10.1. The standard InChI is InChI=1S/C15H15BrN2O5S/c1-9(15(19)18-24(20,21)11-3-4-11)23-14-5-2-10(16)8-12(14)13-6-7-22-17-13/h2,5-9,11H,3-4H2,1H3,(H,18,19)/t9-/m0/s1. The summed E-state index contributed by atoms with van der Waals surface area (Å²) >= 11 is 3.37. The molecule has 1 aromatic carbocycles. The van der Waals surface area contributed by atoms with Gasteiger partial charge in [-0.2, -0.15) is 0 Å². The summed E-state index contributed by atoms with van der Waals surface area (Å²) in [6.07, 6.45) is 1.62. The molecule has 0 radical (unpaired) electrons. The van der Waals surface area contributed by atoms with Gasteiger partial charge in [0.25, 0.3) is 5.91 Å². The number of benzene rings is 1. The third-order valence-electron chi connectivity index (χ3n) is 3.53. The molecule has 24 heavy (non-hydrogen) atoms. The normalized spacial score (nSPS) is 15.8. The van der Waals surface area contributed by atoms with Gasteiger partial charge in [-0.15, -0.1) is 0 Å². The van der Waals surface area contributed by atoms with Gasteiger partial charge in [-0.1, -0.05) is 21.1 Å². The van der Waals surface area contributed by atoms with E-state index in [-0.39, 0.29) is 0 Å². The highest BCUT2D eigenvalue weighted by Crippen LogP contribution is 2.32. The van der Waals surface area contributed by atoms with Crippen molar-refractivity contribution in [3.63, 3.8) is 0 Å². The SMILES string of the molecule is C[C@H](Oc1ccc(Br)cc1-c1ccon1)C(=O)NS(=O)(=O)C1CC1. The van der Waals surface area contributed by atoms with Crippen molar-refractivity contribution >= 4 is 31.9 Å². The molecule has 1 aliphatic carbocycles. The van der Waals surface area contributed by atoms with Crippen LogP contribution in [0.15, 0.2) is 39.5 Å². The molecule has 3 rings (SSSR count). The van der Waals surface area contributed by atoms with Crippen LogP contribution in [-0.2, 0) is 14.8 Å². The first-order chi connectivity index (χ1) is 11.4. The van der Waals surface area contributed by atoms with Crippen LogP contribution in [0.1, 0.15) is 19.8 Å². The van der Waals surface area contributed by atoms with Crippen LogP contribution >= 0.6 is 15.9 Å². The Morgan fingerprint density at radius 1 is 1.42 bits per heavy atom. The Balaban J connectivity index is 1.77. The molecular formula is C15H15BrN2O5S. The number of rotatable bonds is 6. The Kier molecular flexibility index (Phi) is 4.64. The van der Waals surface area contributed by atoms with Crippen molar-refractivity contribution < 1.29 is 22.5 Å². The van der Waals surface area contributed by atoms with Gasteiger partial charge in [0.05, 0.1) is 5.25 Å². The summed E-state index contributed by atoms with van der Waals surface area (Å²) in [6.45, 7) is 1.49. The first kappa shape index (κ1) is 17.0. The number of amides is 1. The molecule has 7 nitrogen and oxygen atoms in total. The molecule has 128 valence electrons. The van der Waals surface area contributed by atoms with E-state index in [1.165, 1.54) is 13.2 Å². The number of nitrogens with one attached hydrogen (secondary N) is 1. The van der Waals surface area contributed by atoms with Crippen LogP contribution in [0.3, 0.4) is 0 Å². The van der Waals surface area contributed by atoms with E-state index in [0.29, 0.717) is 29.8 Å². The highest BCUT2D eigenvalue weighted by molar-refractivity contribution is 9.10. The number of carbonyl (C=O) groups is 1. The zero-order valence-electron chi connectivity index (χ0n) is 12.7. The van der Waals surface area contributed by atoms with E-state index in [1.807, 2.05) is 0 Å². The lowest BCUT2D eigenvalue weighted by Crippen LogP contribution is -2.41. The Labute approximate surface area is 147 Å². The van der Waals surface area contributed by atoms with Crippen LogP contribution in [0, 0.1) is 0 Å². The molecule has 1 aliphatic rings. The second kappa shape index (κ2) is 6.56. The number of carbonyl (C=O) groups excluding carboxylic acids is 1. The quantitative estimate of drug-likeness (QED) is 0.779. The van der Waals surface area contributed by atoms with E-state index < -0.39 is 27.3 Å². The van der Waals surface area contributed by atoms with Crippen molar-refractivity contribution in [3.8, 4) is 17.0 Å². The predicted octanol–water partition coefficient (Wildman–Crippen LogP) is 2.48. The Hall–Kier alpha value is -1.87. The van der Waals surface area contributed by atoms with Crippen molar-refractivity contribution in [2.75, 3.05) is 0 Å². The molecule has 1 fully saturated rings. The number of hydrogen-bond donors (Lipinski definition) is 1. The molecule has 0 spiro atoms. The van der Waals surface area contributed by atoms with E-state index in [4.69, 9.17) is 9.26 Å². The Bertz CT molecular complexity index is 847. The summed E-state index contributed by atoms with van der Waals surface area (Å²) in [4.78, 5) is 12.1. The number of hydrogen-bond acceptors (Lipinski definition) is 6. The maximum Gasteiger partial charge on any atom is 0.274 e. The summed E-state index contributed by atoms with van der Waals surface area (Å²) in [5, 5.41) is 3.39. The van der Waals surface area contributed by atoms with Gasteiger partial charge in [-0.3, -0.25) is 4.79 Å². The smallest absolute Gasteiger partial charge is 0.274 e. The lowest BCUT2D eigenvalue weighted by molar-refractivity contribution is -0.125. The van der Waals surface area contributed by atoms with Crippen LogP contribution in [0.2, 0.25) is 0 Å². The van der Waals surface area contributed by atoms with Gasteiger partial charge in [0, 0.05) is 16.1 Å². The highest BCUT2D eigenvalue weighted by atomic mass is 79.9. The average molecular weight is 415 g/mol. The molecule has 0 unspecified atom stereocenters. The van der Waals surface area contributed by atoms with Crippen LogP contribution in [0.4, 0.5) is 0 Å². The average Bonchev–Trinajstić information content (AvgIpc) is 3.26. The number of aromatic nitrogens is 1. The van der Waals surface area contributed by atoms with E-state index in [0.717, 1.165) is 4.47 Å². The van der Waals surface area contributed by atoms with Gasteiger partial charge in [0.2, 0.25) is 10.0 Å². The number of halogens is 1. The highest BCUT2D eigenvalue weighted by Gasteiger charge is 2.37. The van der Waals surface area contributed by atoms with E-state index in [1.54, 1.807) is 24.3 Å². The monoisotopic (exact) mass is 414 g/mol. The second-order valence-corrected chi connectivity index (χ2v) is 8.37. The molecule has 1 aromatic heterocycles. The van der Waals surface area contributed by atoms with Crippen LogP contribution in [0.5, 0.6) is 5.75 Å². The van der Waals surface area contributed by atoms with Crippen LogP contribution < -0.4 is 9.46 Å². The largest absolute Gasteiger partial charge is 0.480 e. The fourth-order valence-corrected chi connectivity index (χ4v) is 3.82. The van der Waals surface area contributed by atoms with Gasteiger partial charge in [-0.05, 0) is 38.0 Å². The lowest BCUT2D eigenvalue weighted by Gasteiger charge is -2.17. The molecule has 1 amide bonds. The molecule has 9 heteroatoms. The molecule has 1 saturated carbocycles. The molecule has 0 bridgehead atoms. The van der Waals surface area contributed by atoms with Crippen molar-refractivity contribution in [3.05, 3.63) is 35.0 Å². The second-order valence-electron chi connectivity index (χ2n) is 5.50. The van der Waals surface area contributed by atoms with Gasteiger partial charge >= 0.3 is 0 Å². The fourth-order valence-electron chi connectivity index (χ4n) is 2.09. The number of nitrogens with zero attached hydrogens (tertiary/aromatic N) is 1. The van der Waals surface area contributed by atoms with Gasteiger partial charge in [0.1, 0.15) is 17.7 Å². The van der Waals surface area contributed by atoms with E-state index >= 15 is 0 Å². The van der Waals surface area contributed by atoms with Gasteiger partial charge in [-0.25, -0.2) is 13.1 Å². The van der Waals surface area contributed by atoms with Crippen LogP contribution in [0.25, 0.3) is 11.3 Å². The molecule has 1 heterocycles. The topological polar surface area (TPSA) is 98.5 Å². The Morgan fingerprint density at radius 2 is 2.17 bits per heavy atom. The zero-order valence-corrected chi connectivity index (χ0v) is 15.1. The summed E-state index contributed by atoms with van der Waals surface area (Å²) in [5.74, 6) is -0.297.